The predicted octanol–water partition coefficient (Wildman–Crippen LogP) is 2.95. The molecule has 1 aromatic carbocycles. The first-order valence-corrected chi connectivity index (χ1v) is 6.15. The van der Waals surface area contributed by atoms with Crippen LogP contribution in [0.4, 0.5) is 5.69 Å². The fraction of sp³-hybridized carbons (Fsp3) is 0.571. The van der Waals surface area contributed by atoms with E-state index in [1.54, 1.807) is 0 Å². The average molecular weight is 220 g/mol. The molecule has 0 fully saturated rings. The van der Waals surface area contributed by atoms with Gasteiger partial charge < -0.3 is 11.1 Å². The molecule has 0 saturated carbocycles. The molecule has 1 atom stereocenters. The molecule has 3 N–H and O–H groups in total. The highest BCUT2D eigenvalue weighted by Gasteiger charge is 2.13. The molecule has 0 radical (unpaired) electrons. The Hall–Kier alpha value is -1.02. The Balaban J connectivity index is 2.94. The number of benzene rings is 1. The lowest BCUT2D eigenvalue weighted by Crippen LogP contribution is -2.34. The van der Waals surface area contributed by atoms with Crippen molar-refractivity contribution in [1.82, 2.24) is 0 Å². The quantitative estimate of drug-likeness (QED) is 0.800. The first-order chi connectivity index (χ1) is 7.60. The van der Waals surface area contributed by atoms with Crippen molar-refractivity contribution in [1.29, 1.82) is 0 Å². The number of rotatable bonds is 5. The van der Waals surface area contributed by atoms with Crippen LogP contribution in [0.1, 0.15) is 31.9 Å². The van der Waals surface area contributed by atoms with Crippen molar-refractivity contribution in [3.8, 4) is 0 Å². The predicted molar refractivity (Wildman–Crippen MR) is 71.9 cm³/mol. The third-order valence-corrected chi connectivity index (χ3v) is 3.13. The largest absolute Gasteiger partial charge is 0.380 e. The van der Waals surface area contributed by atoms with Crippen molar-refractivity contribution in [3.05, 3.63) is 29.3 Å². The minimum absolute atomic E-state index is 0.353. The number of nitrogens with one attached hydrogen (secondary N) is 1. The molecular weight excluding hydrogens is 196 g/mol. The summed E-state index contributed by atoms with van der Waals surface area (Å²) < 4.78 is 0. The summed E-state index contributed by atoms with van der Waals surface area (Å²) in [5, 5.41) is 3.59. The van der Waals surface area contributed by atoms with Crippen LogP contribution in [0.15, 0.2) is 18.2 Å². The van der Waals surface area contributed by atoms with E-state index in [2.05, 4.69) is 51.2 Å². The van der Waals surface area contributed by atoms with Crippen LogP contribution in [0.5, 0.6) is 0 Å². The molecule has 0 bridgehead atoms. The molecular formula is C14H24N2. The summed E-state index contributed by atoms with van der Waals surface area (Å²) >= 11 is 0. The lowest BCUT2D eigenvalue weighted by molar-refractivity contribution is 0.531. The van der Waals surface area contributed by atoms with Crippen molar-refractivity contribution in [2.75, 3.05) is 11.9 Å². The smallest absolute Gasteiger partial charge is 0.0406 e. The normalized spacial score (nSPS) is 12.9. The van der Waals surface area contributed by atoms with Crippen LogP contribution in [-0.2, 0) is 6.42 Å². The summed E-state index contributed by atoms with van der Waals surface area (Å²) in [7, 11) is 0. The van der Waals surface area contributed by atoms with E-state index in [4.69, 9.17) is 5.73 Å². The molecule has 16 heavy (non-hydrogen) atoms. The van der Waals surface area contributed by atoms with Gasteiger partial charge in [-0.2, -0.15) is 0 Å². The van der Waals surface area contributed by atoms with E-state index in [9.17, 15) is 0 Å². The highest BCUT2D eigenvalue weighted by Crippen LogP contribution is 2.23. The third-order valence-electron chi connectivity index (χ3n) is 3.13. The van der Waals surface area contributed by atoms with Gasteiger partial charge in [0.15, 0.2) is 0 Å². The summed E-state index contributed by atoms with van der Waals surface area (Å²) in [4.78, 5) is 0. The van der Waals surface area contributed by atoms with Crippen LogP contribution in [0.25, 0.3) is 0 Å². The Morgan fingerprint density at radius 3 is 2.50 bits per heavy atom. The zero-order valence-corrected chi connectivity index (χ0v) is 10.9. The maximum atomic E-state index is 5.80. The van der Waals surface area contributed by atoms with Gasteiger partial charge in [-0.1, -0.05) is 39.0 Å². The van der Waals surface area contributed by atoms with Crippen LogP contribution >= 0.6 is 0 Å². The molecule has 0 heterocycles. The van der Waals surface area contributed by atoms with Crippen LogP contribution < -0.4 is 11.1 Å². The van der Waals surface area contributed by atoms with Gasteiger partial charge in [-0.05, 0) is 30.4 Å². The number of nitrogens with two attached hydrogens (primary N) is 1. The summed E-state index contributed by atoms with van der Waals surface area (Å²) in [5.41, 5.74) is 9.75. The Labute approximate surface area is 99.2 Å². The van der Waals surface area contributed by atoms with Gasteiger partial charge in [-0.15, -0.1) is 0 Å². The first-order valence-electron chi connectivity index (χ1n) is 6.15. The van der Waals surface area contributed by atoms with Crippen LogP contribution in [0.2, 0.25) is 0 Å². The maximum absolute atomic E-state index is 5.80. The van der Waals surface area contributed by atoms with Crippen molar-refractivity contribution < 1.29 is 0 Å². The molecule has 1 unspecified atom stereocenters. The molecule has 0 spiro atoms. The molecule has 0 amide bonds. The van der Waals surface area contributed by atoms with Gasteiger partial charge in [0.2, 0.25) is 0 Å². The lowest BCUT2D eigenvalue weighted by atomic mass is 10.0. The number of aryl methyl sites for hydroxylation is 2. The van der Waals surface area contributed by atoms with E-state index in [-0.39, 0.29) is 0 Å². The lowest BCUT2D eigenvalue weighted by Gasteiger charge is -2.24. The number of hydrogen-bond donors (Lipinski definition) is 2. The van der Waals surface area contributed by atoms with Gasteiger partial charge in [-0.3, -0.25) is 0 Å². The van der Waals surface area contributed by atoms with Gasteiger partial charge in [0.25, 0.3) is 0 Å². The Morgan fingerprint density at radius 2 is 2.00 bits per heavy atom. The highest BCUT2D eigenvalue weighted by molar-refractivity contribution is 5.57. The molecule has 0 aliphatic heterocycles. The van der Waals surface area contributed by atoms with Crippen molar-refractivity contribution in [2.24, 2.45) is 11.7 Å². The van der Waals surface area contributed by atoms with Gasteiger partial charge in [0, 0.05) is 18.3 Å². The third kappa shape index (κ3) is 2.99. The van der Waals surface area contributed by atoms with Gasteiger partial charge in [-0.25, -0.2) is 0 Å². The van der Waals surface area contributed by atoms with E-state index in [0.29, 0.717) is 18.5 Å². The fourth-order valence-corrected chi connectivity index (χ4v) is 1.91. The van der Waals surface area contributed by atoms with Crippen molar-refractivity contribution >= 4 is 5.69 Å². The van der Waals surface area contributed by atoms with Gasteiger partial charge >= 0.3 is 0 Å². The molecule has 1 rings (SSSR count). The zero-order valence-electron chi connectivity index (χ0n) is 10.9. The monoisotopic (exact) mass is 220 g/mol. The summed E-state index contributed by atoms with van der Waals surface area (Å²) in [6, 6.07) is 6.80. The summed E-state index contributed by atoms with van der Waals surface area (Å²) in [6.07, 6.45) is 1.05. The second-order valence-electron chi connectivity index (χ2n) is 4.69. The molecule has 2 heteroatoms. The second kappa shape index (κ2) is 5.90. The van der Waals surface area contributed by atoms with E-state index in [0.717, 1.165) is 6.42 Å². The molecule has 0 aliphatic rings. The summed E-state index contributed by atoms with van der Waals surface area (Å²) in [6.45, 7) is 9.42. The minimum Gasteiger partial charge on any atom is -0.380 e. The molecule has 0 aromatic heterocycles. The van der Waals surface area contributed by atoms with Crippen LogP contribution in [-0.4, -0.2) is 12.6 Å². The SMILES string of the molecule is CCc1cccc(C)c1NC(CN)C(C)C. The topological polar surface area (TPSA) is 38.0 Å². The average Bonchev–Trinajstić information content (AvgIpc) is 2.26. The maximum Gasteiger partial charge on any atom is 0.0406 e. The fourth-order valence-electron chi connectivity index (χ4n) is 1.91. The molecule has 0 saturated heterocycles. The Kier molecular flexibility index (Phi) is 4.81. The Morgan fingerprint density at radius 1 is 1.31 bits per heavy atom. The number of para-hydroxylation sites is 1. The molecule has 2 nitrogen and oxygen atoms in total. The van der Waals surface area contributed by atoms with E-state index >= 15 is 0 Å². The van der Waals surface area contributed by atoms with Crippen LogP contribution in [0.3, 0.4) is 0 Å². The molecule has 0 aliphatic carbocycles. The summed E-state index contributed by atoms with van der Waals surface area (Å²) in [5.74, 6) is 0.550. The molecule has 1 aromatic rings. The minimum atomic E-state index is 0.353. The zero-order chi connectivity index (χ0) is 12.1. The second-order valence-corrected chi connectivity index (χ2v) is 4.69. The van der Waals surface area contributed by atoms with Crippen molar-refractivity contribution in [3.63, 3.8) is 0 Å². The number of hydrogen-bond acceptors (Lipinski definition) is 2. The van der Waals surface area contributed by atoms with Gasteiger partial charge in [0.05, 0.1) is 0 Å². The van der Waals surface area contributed by atoms with E-state index in [1.165, 1.54) is 16.8 Å². The van der Waals surface area contributed by atoms with Crippen LogP contribution in [0, 0.1) is 12.8 Å². The first kappa shape index (κ1) is 13.0. The molecule has 90 valence electrons. The van der Waals surface area contributed by atoms with E-state index < -0.39 is 0 Å². The van der Waals surface area contributed by atoms with Crippen molar-refractivity contribution in [2.45, 2.75) is 40.2 Å². The highest BCUT2D eigenvalue weighted by atomic mass is 14.9. The standard InChI is InChI=1S/C14H24N2/c1-5-12-8-6-7-11(4)14(12)16-13(9-15)10(2)3/h6-8,10,13,16H,5,9,15H2,1-4H3. The van der Waals surface area contributed by atoms with Gasteiger partial charge in [0.1, 0.15) is 0 Å². The van der Waals surface area contributed by atoms with E-state index in [1.807, 2.05) is 0 Å². The Bertz CT molecular complexity index is 332. The number of anilines is 1.